The molecule has 1 nitrogen and oxygen atoms in total. The molecule has 0 N–H and O–H groups in total. The maximum Gasteiger partial charge on any atom is 0.158 e. The van der Waals surface area contributed by atoms with Crippen molar-refractivity contribution < 1.29 is 4.79 Å². The average Bonchev–Trinajstić information content (AvgIpc) is 2.15. The highest BCUT2D eigenvalue weighted by molar-refractivity contribution is 5.95. The Morgan fingerprint density at radius 1 is 1.23 bits per heavy atom. The quantitative estimate of drug-likeness (QED) is 0.477. The van der Waals surface area contributed by atoms with Crippen LogP contribution < -0.4 is 0 Å². The van der Waals surface area contributed by atoms with Gasteiger partial charge in [-0.3, -0.25) is 4.79 Å². The molecule has 0 aliphatic heterocycles. The van der Waals surface area contributed by atoms with E-state index in [2.05, 4.69) is 13.0 Å². The molecule has 13 heavy (non-hydrogen) atoms. The molecule has 0 bridgehead atoms. The molecule has 0 aromatic carbocycles. The lowest BCUT2D eigenvalue weighted by Gasteiger charge is -2.12. The number of Topliss-reactive ketones (excluding diaryl/α,β-unsaturated/α-hetero) is 1. The fourth-order valence-electron chi connectivity index (χ4n) is 1.79. The van der Waals surface area contributed by atoms with Crippen LogP contribution in [0.15, 0.2) is 11.6 Å². The molecule has 0 atom stereocenters. The van der Waals surface area contributed by atoms with E-state index >= 15 is 0 Å². The van der Waals surface area contributed by atoms with Crippen LogP contribution in [0.1, 0.15) is 58.3 Å². The smallest absolute Gasteiger partial charge is 0.158 e. The molecule has 0 radical (unpaired) electrons. The zero-order valence-corrected chi connectivity index (χ0v) is 8.64. The number of hydrogen-bond acceptors (Lipinski definition) is 1. The molecule has 0 heterocycles. The lowest BCUT2D eigenvalue weighted by atomic mass is 9.92. The Morgan fingerprint density at radius 2 is 2.00 bits per heavy atom. The van der Waals surface area contributed by atoms with Gasteiger partial charge in [-0.25, -0.2) is 0 Å². The van der Waals surface area contributed by atoms with Crippen molar-refractivity contribution in [2.75, 3.05) is 0 Å². The molecule has 0 aromatic heterocycles. The average molecular weight is 180 g/mol. The van der Waals surface area contributed by atoms with E-state index in [0.29, 0.717) is 5.78 Å². The van der Waals surface area contributed by atoms with Crippen molar-refractivity contribution in [3.63, 3.8) is 0 Å². The highest BCUT2D eigenvalue weighted by Gasteiger charge is 2.13. The molecule has 1 heteroatoms. The third-order valence-electron chi connectivity index (χ3n) is 2.66. The third kappa shape index (κ3) is 3.75. The molecule has 1 fully saturated rings. The summed E-state index contributed by atoms with van der Waals surface area (Å²) in [6, 6.07) is 0. The van der Waals surface area contributed by atoms with Gasteiger partial charge in [0.05, 0.1) is 0 Å². The Balaban J connectivity index is 2.27. The predicted molar refractivity (Wildman–Crippen MR) is 55.7 cm³/mol. The molecule has 0 spiro atoms. The first kappa shape index (κ1) is 10.5. The Hall–Kier alpha value is -0.590. The SMILES string of the molecule is CCCCC/C=C1/CCCCC1=O. The number of hydrogen-bond donors (Lipinski definition) is 0. The number of rotatable bonds is 4. The summed E-state index contributed by atoms with van der Waals surface area (Å²) in [7, 11) is 0. The number of unbranched alkanes of at least 4 members (excludes halogenated alkanes) is 3. The molecule has 0 saturated heterocycles. The van der Waals surface area contributed by atoms with E-state index in [1.54, 1.807) is 0 Å². The van der Waals surface area contributed by atoms with E-state index in [-0.39, 0.29) is 0 Å². The molecule has 0 aromatic rings. The number of ketones is 1. The maximum absolute atomic E-state index is 11.4. The minimum absolute atomic E-state index is 0.405. The van der Waals surface area contributed by atoms with Gasteiger partial charge in [0.25, 0.3) is 0 Å². The zero-order valence-electron chi connectivity index (χ0n) is 8.64. The van der Waals surface area contributed by atoms with Gasteiger partial charge in [-0.05, 0) is 37.7 Å². The van der Waals surface area contributed by atoms with Crippen LogP contribution in [0.2, 0.25) is 0 Å². The second-order valence-electron chi connectivity index (χ2n) is 3.86. The Kier molecular flexibility index (Phi) is 4.81. The summed E-state index contributed by atoms with van der Waals surface area (Å²) in [5.74, 6) is 0.405. The minimum Gasteiger partial charge on any atom is -0.295 e. The third-order valence-corrected chi connectivity index (χ3v) is 2.66. The van der Waals surface area contributed by atoms with Gasteiger partial charge in [0, 0.05) is 6.42 Å². The standard InChI is InChI=1S/C12H20O/c1-2-3-4-5-8-11-9-6-7-10-12(11)13/h8H,2-7,9-10H2,1H3/b11-8-. The van der Waals surface area contributed by atoms with E-state index < -0.39 is 0 Å². The molecule has 0 amide bonds. The van der Waals surface area contributed by atoms with Crippen LogP contribution in [0, 0.1) is 0 Å². The van der Waals surface area contributed by atoms with E-state index in [1.165, 1.54) is 25.7 Å². The summed E-state index contributed by atoms with van der Waals surface area (Å²) in [5, 5.41) is 0. The Labute approximate surface area is 81.2 Å². The molecular formula is C12H20O. The molecule has 1 aliphatic carbocycles. The minimum atomic E-state index is 0.405. The van der Waals surface area contributed by atoms with Crippen molar-refractivity contribution >= 4 is 5.78 Å². The van der Waals surface area contributed by atoms with Gasteiger partial charge in [-0.1, -0.05) is 25.8 Å². The highest BCUT2D eigenvalue weighted by atomic mass is 16.1. The predicted octanol–water partition coefficient (Wildman–Crippen LogP) is 3.64. The molecule has 1 aliphatic rings. The van der Waals surface area contributed by atoms with E-state index in [0.717, 1.165) is 31.3 Å². The molecule has 1 rings (SSSR count). The van der Waals surface area contributed by atoms with Crippen molar-refractivity contribution in [2.45, 2.75) is 58.3 Å². The van der Waals surface area contributed by atoms with Gasteiger partial charge in [0.15, 0.2) is 5.78 Å². The Bertz CT molecular complexity index is 191. The van der Waals surface area contributed by atoms with E-state index in [1.807, 2.05) is 0 Å². The fraction of sp³-hybridized carbons (Fsp3) is 0.750. The van der Waals surface area contributed by atoms with Gasteiger partial charge in [-0.2, -0.15) is 0 Å². The van der Waals surface area contributed by atoms with Gasteiger partial charge < -0.3 is 0 Å². The molecule has 1 saturated carbocycles. The maximum atomic E-state index is 11.4. The first-order valence-corrected chi connectivity index (χ1v) is 5.57. The lowest BCUT2D eigenvalue weighted by Crippen LogP contribution is -2.08. The normalized spacial score (nSPS) is 21.0. The first-order valence-electron chi connectivity index (χ1n) is 5.57. The van der Waals surface area contributed by atoms with Crippen LogP contribution in [0.4, 0.5) is 0 Å². The van der Waals surface area contributed by atoms with E-state index in [9.17, 15) is 4.79 Å². The van der Waals surface area contributed by atoms with Crippen molar-refractivity contribution in [3.8, 4) is 0 Å². The highest BCUT2D eigenvalue weighted by Crippen LogP contribution is 2.20. The summed E-state index contributed by atoms with van der Waals surface area (Å²) < 4.78 is 0. The lowest BCUT2D eigenvalue weighted by molar-refractivity contribution is -0.116. The van der Waals surface area contributed by atoms with Crippen molar-refractivity contribution in [2.24, 2.45) is 0 Å². The van der Waals surface area contributed by atoms with Crippen LogP contribution >= 0.6 is 0 Å². The molecular weight excluding hydrogens is 160 g/mol. The van der Waals surface area contributed by atoms with Crippen LogP contribution in [0.3, 0.4) is 0 Å². The Morgan fingerprint density at radius 3 is 2.69 bits per heavy atom. The number of allylic oxidation sites excluding steroid dienone is 2. The summed E-state index contributed by atoms with van der Waals surface area (Å²) in [5.41, 5.74) is 1.11. The summed E-state index contributed by atoms with van der Waals surface area (Å²) in [6.07, 6.45) is 11.2. The van der Waals surface area contributed by atoms with Crippen molar-refractivity contribution in [1.82, 2.24) is 0 Å². The summed E-state index contributed by atoms with van der Waals surface area (Å²) in [4.78, 5) is 11.4. The fourth-order valence-corrected chi connectivity index (χ4v) is 1.79. The van der Waals surface area contributed by atoms with Gasteiger partial charge >= 0.3 is 0 Å². The number of carbonyl (C=O) groups is 1. The summed E-state index contributed by atoms with van der Waals surface area (Å²) >= 11 is 0. The van der Waals surface area contributed by atoms with Crippen LogP contribution in [0.5, 0.6) is 0 Å². The van der Waals surface area contributed by atoms with Gasteiger partial charge in [0.1, 0.15) is 0 Å². The molecule has 0 unspecified atom stereocenters. The van der Waals surface area contributed by atoms with Crippen molar-refractivity contribution in [1.29, 1.82) is 0 Å². The van der Waals surface area contributed by atoms with Crippen LogP contribution in [-0.2, 0) is 4.79 Å². The first-order chi connectivity index (χ1) is 6.34. The van der Waals surface area contributed by atoms with Gasteiger partial charge in [0.2, 0.25) is 0 Å². The largest absolute Gasteiger partial charge is 0.295 e. The van der Waals surface area contributed by atoms with Crippen LogP contribution in [-0.4, -0.2) is 5.78 Å². The monoisotopic (exact) mass is 180 g/mol. The van der Waals surface area contributed by atoms with Gasteiger partial charge in [-0.15, -0.1) is 0 Å². The summed E-state index contributed by atoms with van der Waals surface area (Å²) in [6.45, 7) is 2.21. The topological polar surface area (TPSA) is 17.1 Å². The second kappa shape index (κ2) is 5.95. The second-order valence-corrected chi connectivity index (χ2v) is 3.86. The zero-order chi connectivity index (χ0) is 9.52. The number of carbonyl (C=O) groups excluding carboxylic acids is 1. The van der Waals surface area contributed by atoms with Crippen molar-refractivity contribution in [3.05, 3.63) is 11.6 Å². The molecule has 74 valence electrons. The van der Waals surface area contributed by atoms with E-state index in [4.69, 9.17) is 0 Å². The van der Waals surface area contributed by atoms with Crippen LogP contribution in [0.25, 0.3) is 0 Å².